The van der Waals surface area contributed by atoms with Crippen molar-refractivity contribution in [1.29, 1.82) is 0 Å². The van der Waals surface area contributed by atoms with Gasteiger partial charge in [-0.05, 0) is 12.3 Å². The highest BCUT2D eigenvalue weighted by molar-refractivity contribution is 5.65. The molecule has 0 aliphatic rings. The second-order valence-corrected chi connectivity index (χ2v) is 3.21. The molecule has 0 radical (unpaired) electrons. The number of carbonyl (C=O) groups is 1. The number of hydrogen-bond acceptors (Lipinski definition) is 4. The molecule has 0 aromatic carbocycles. The highest BCUT2D eigenvalue weighted by Gasteiger charge is 2.15. The van der Waals surface area contributed by atoms with E-state index in [1.165, 1.54) is 6.92 Å². The van der Waals surface area contributed by atoms with E-state index in [-0.39, 0.29) is 12.3 Å². The summed E-state index contributed by atoms with van der Waals surface area (Å²) in [7, 11) is 3.21. The van der Waals surface area contributed by atoms with Crippen LogP contribution < -0.4 is 0 Å². The topological polar surface area (TPSA) is 44.8 Å². The second-order valence-electron chi connectivity index (χ2n) is 3.21. The Balaban J connectivity index is 3.82. The van der Waals surface area contributed by atoms with Gasteiger partial charge in [0.05, 0.1) is 6.61 Å². The van der Waals surface area contributed by atoms with Crippen LogP contribution in [-0.4, -0.2) is 33.1 Å². The van der Waals surface area contributed by atoms with Crippen molar-refractivity contribution in [1.82, 2.24) is 0 Å². The highest BCUT2D eigenvalue weighted by atomic mass is 16.7. The average Bonchev–Trinajstić information content (AvgIpc) is 2.18. The van der Waals surface area contributed by atoms with Gasteiger partial charge in [0.25, 0.3) is 0 Å². The van der Waals surface area contributed by atoms with Crippen molar-refractivity contribution in [2.75, 3.05) is 20.8 Å². The minimum absolute atomic E-state index is 0.212. The average molecular weight is 204 g/mol. The Morgan fingerprint density at radius 2 is 1.86 bits per heavy atom. The van der Waals surface area contributed by atoms with E-state index >= 15 is 0 Å². The molecule has 0 saturated heterocycles. The number of hydrogen-bond donors (Lipinski definition) is 0. The van der Waals surface area contributed by atoms with Crippen LogP contribution in [0, 0.1) is 5.92 Å². The number of esters is 1. The van der Waals surface area contributed by atoms with Crippen molar-refractivity contribution in [2.45, 2.75) is 33.0 Å². The zero-order valence-electron chi connectivity index (χ0n) is 9.41. The predicted octanol–water partition coefficient (Wildman–Crippen LogP) is 1.58. The molecule has 0 rings (SSSR count). The Hall–Kier alpha value is -0.610. The van der Waals surface area contributed by atoms with Crippen LogP contribution in [0.2, 0.25) is 0 Å². The normalized spacial score (nSPS) is 12.9. The van der Waals surface area contributed by atoms with Gasteiger partial charge in [0.2, 0.25) is 0 Å². The van der Waals surface area contributed by atoms with Crippen molar-refractivity contribution in [3.63, 3.8) is 0 Å². The molecule has 0 unspecified atom stereocenters. The molecule has 0 aliphatic carbocycles. The third-order valence-corrected chi connectivity index (χ3v) is 2.15. The molecule has 4 nitrogen and oxygen atoms in total. The Labute approximate surface area is 85.5 Å². The lowest BCUT2D eigenvalue weighted by Gasteiger charge is -2.19. The zero-order valence-corrected chi connectivity index (χ0v) is 9.41. The van der Waals surface area contributed by atoms with Gasteiger partial charge in [-0.25, -0.2) is 0 Å². The predicted molar refractivity (Wildman–Crippen MR) is 52.8 cm³/mol. The molecule has 4 heteroatoms. The van der Waals surface area contributed by atoms with E-state index in [1.807, 2.05) is 0 Å². The summed E-state index contributed by atoms with van der Waals surface area (Å²) < 4.78 is 15.1. The van der Waals surface area contributed by atoms with Crippen LogP contribution in [0.5, 0.6) is 0 Å². The van der Waals surface area contributed by atoms with Gasteiger partial charge >= 0.3 is 5.97 Å². The third-order valence-electron chi connectivity index (χ3n) is 2.15. The molecule has 0 amide bonds. The van der Waals surface area contributed by atoms with Gasteiger partial charge in [-0.3, -0.25) is 4.79 Å². The number of methoxy groups -OCH3 is 2. The summed E-state index contributed by atoms with van der Waals surface area (Å²) in [6, 6.07) is 0. The summed E-state index contributed by atoms with van der Waals surface area (Å²) in [4.78, 5) is 10.6. The first-order valence-electron chi connectivity index (χ1n) is 4.82. The SMILES string of the molecule is CC[C@H](COC(C)=O)CC(OC)OC. The molecule has 0 saturated carbocycles. The van der Waals surface area contributed by atoms with E-state index in [0.29, 0.717) is 12.5 Å². The van der Waals surface area contributed by atoms with Crippen LogP contribution in [0.3, 0.4) is 0 Å². The lowest BCUT2D eigenvalue weighted by molar-refractivity contribution is -0.146. The van der Waals surface area contributed by atoms with E-state index in [4.69, 9.17) is 14.2 Å². The molecule has 1 atom stereocenters. The van der Waals surface area contributed by atoms with Crippen LogP contribution in [-0.2, 0) is 19.0 Å². The van der Waals surface area contributed by atoms with Crippen LogP contribution in [0.25, 0.3) is 0 Å². The number of rotatable bonds is 7. The molecule has 0 fully saturated rings. The minimum atomic E-state index is -0.241. The fraction of sp³-hybridized carbons (Fsp3) is 0.900. The second kappa shape index (κ2) is 7.76. The third kappa shape index (κ3) is 5.94. The summed E-state index contributed by atoms with van der Waals surface area (Å²) in [5.74, 6) is 0.0543. The molecule has 0 N–H and O–H groups in total. The molecular weight excluding hydrogens is 184 g/mol. The van der Waals surface area contributed by atoms with E-state index < -0.39 is 0 Å². The van der Waals surface area contributed by atoms with E-state index in [1.54, 1.807) is 14.2 Å². The first-order valence-corrected chi connectivity index (χ1v) is 4.82. The summed E-state index contributed by atoms with van der Waals surface area (Å²) in [5.41, 5.74) is 0. The van der Waals surface area contributed by atoms with Crippen molar-refractivity contribution in [2.24, 2.45) is 5.92 Å². The number of carbonyl (C=O) groups excluding carboxylic acids is 1. The highest BCUT2D eigenvalue weighted by Crippen LogP contribution is 2.14. The van der Waals surface area contributed by atoms with E-state index in [2.05, 4.69) is 6.92 Å². The van der Waals surface area contributed by atoms with Crippen molar-refractivity contribution in [3.8, 4) is 0 Å². The quantitative estimate of drug-likeness (QED) is 0.466. The van der Waals surface area contributed by atoms with Gasteiger partial charge in [0.1, 0.15) is 0 Å². The maximum atomic E-state index is 10.6. The van der Waals surface area contributed by atoms with Crippen LogP contribution >= 0.6 is 0 Å². The monoisotopic (exact) mass is 204 g/mol. The van der Waals surface area contributed by atoms with Gasteiger partial charge in [0.15, 0.2) is 6.29 Å². The molecule has 0 aliphatic heterocycles. The first-order chi connectivity index (χ1) is 6.63. The van der Waals surface area contributed by atoms with Gasteiger partial charge in [0, 0.05) is 27.6 Å². The van der Waals surface area contributed by atoms with Gasteiger partial charge < -0.3 is 14.2 Å². The van der Waals surface area contributed by atoms with Crippen LogP contribution in [0.1, 0.15) is 26.7 Å². The zero-order chi connectivity index (χ0) is 11.0. The fourth-order valence-electron chi connectivity index (χ4n) is 1.15. The minimum Gasteiger partial charge on any atom is -0.466 e. The van der Waals surface area contributed by atoms with Crippen molar-refractivity contribution < 1.29 is 19.0 Å². The maximum absolute atomic E-state index is 10.6. The van der Waals surface area contributed by atoms with Crippen molar-refractivity contribution >= 4 is 5.97 Å². The summed E-state index contributed by atoms with van der Waals surface area (Å²) in [5, 5.41) is 0. The molecule has 0 heterocycles. The molecular formula is C10H20O4. The summed E-state index contributed by atoms with van der Waals surface area (Å²) >= 11 is 0. The largest absolute Gasteiger partial charge is 0.466 e. The van der Waals surface area contributed by atoms with Gasteiger partial charge in [-0.1, -0.05) is 6.92 Å². The lowest BCUT2D eigenvalue weighted by Crippen LogP contribution is -2.21. The van der Waals surface area contributed by atoms with Crippen molar-refractivity contribution in [3.05, 3.63) is 0 Å². The van der Waals surface area contributed by atoms with Gasteiger partial charge in [-0.15, -0.1) is 0 Å². The first kappa shape index (κ1) is 13.4. The summed E-state index contributed by atoms with van der Waals surface area (Å²) in [6.45, 7) is 3.91. The van der Waals surface area contributed by atoms with Crippen LogP contribution in [0.15, 0.2) is 0 Å². The summed E-state index contributed by atoms with van der Waals surface area (Å²) in [6.07, 6.45) is 1.48. The molecule has 14 heavy (non-hydrogen) atoms. The fourth-order valence-corrected chi connectivity index (χ4v) is 1.15. The lowest BCUT2D eigenvalue weighted by atomic mass is 10.0. The Morgan fingerprint density at radius 1 is 1.29 bits per heavy atom. The van der Waals surface area contributed by atoms with Gasteiger partial charge in [-0.2, -0.15) is 0 Å². The van der Waals surface area contributed by atoms with E-state index in [9.17, 15) is 4.79 Å². The molecule has 84 valence electrons. The van der Waals surface area contributed by atoms with Crippen LogP contribution in [0.4, 0.5) is 0 Å². The number of ether oxygens (including phenoxy) is 3. The maximum Gasteiger partial charge on any atom is 0.302 e. The standard InChI is InChI=1S/C10H20O4/c1-5-9(7-14-8(2)11)6-10(12-3)13-4/h9-10H,5-7H2,1-4H3/t9-/m0/s1. The Morgan fingerprint density at radius 3 is 2.21 bits per heavy atom. The molecule has 0 aromatic rings. The Bertz CT molecular complexity index is 154. The molecule has 0 spiro atoms. The smallest absolute Gasteiger partial charge is 0.302 e. The van der Waals surface area contributed by atoms with E-state index in [0.717, 1.165) is 12.8 Å². The molecule has 0 bridgehead atoms. The Kier molecular flexibility index (Phi) is 7.42. The molecule has 0 aromatic heterocycles.